The number of aromatic hydroxyl groups is 1. The van der Waals surface area contributed by atoms with Crippen molar-refractivity contribution in [3.8, 4) is 22.8 Å². The normalized spacial score (nSPS) is 10.6. The fraction of sp³-hybridized carbons (Fsp3) is 0.250. The Kier molecular flexibility index (Phi) is 6.13. The monoisotopic (exact) mass is 417 g/mol. The summed E-state index contributed by atoms with van der Waals surface area (Å²) in [4.78, 5) is 23.1. The number of hydrogen-bond acceptors (Lipinski definition) is 5. The first kappa shape index (κ1) is 18.9. The quantitative estimate of drug-likeness (QED) is 0.548. The first-order valence-corrected chi connectivity index (χ1v) is 8.30. The molecule has 0 aliphatic rings. The number of esters is 1. The van der Waals surface area contributed by atoms with Gasteiger partial charge in [0.2, 0.25) is 23.3 Å². The van der Waals surface area contributed by atoms with Gasteiger partial charge in [0.15, 0.2) is 5.76 Å². The summed E-state index contributed by atoms with van der Waals surface area (Å²) in [5.41, 5.74) is -0.121. The van der Waals surface area contributed by atoms with Crippen molar-refractivity contribution in [2.75, 3.05) is 10.6 Å². The van der Waals surface area contributed by atoms with Gasteiger partial charge in [-0.1, -0.05) is 15.9 Å². The average Bonchev–Trinajstić information content (AvgIpc) is 2.80. The predicted octanol–water partition coefficient (Wildman–Crippen LogP) is 3.97. The molecule has 9 heteroatoms. The zero-order valence-electron chi connectivity index (χ0n) is 13.1. The Balaban J connectivity index is 2.44. The summed E-state index contributed by atoms with van der Waals surface area (Å²) < 4.78 is 36.9. The number of halogens is 3. The maximum Gasteiger partial charge on any atom is 0.308 e. The number of alkyl halides is 1. The summed E-state index contributed by atoms with van der Waals surface area (Å²) in [6, 6.07) is 2.50. The Morgan fingerprint density at radius 2 is 1.92 bits per heavy atom. The largest absolute Gasteiger partial charge is 0.502 e. The van der Waals surface area contributed by atoms with Gasteiger partial charge >= 0.3 is 5.97 Å². The Labute approximate surface area is 149 Å². The second-order valence-electron chi connectivity index (χ2n) is 5.03. The fourth-order valence-electron chi connectivity index (χ4n) is 2.03. The number of benzene rings is 1. The highest BCUT2D eigenvalue weighted by Crippen LogP contribution is 2.46. The van der Waals surface area contributed by atoms with E-state index in [1.165, 1.54) is 0 Å². The number of hydrogen-bond donors (Lipinski definition) is 2. The minimum absolute atomic E-state index is 0.121. The number of ether oxygens (including phenoxy) is 1. The van der Waals surface area contributed by atoms with E-state index in [9.17, 15) is 23.5 Å². The van der Waals surface area contributed by atoms with Crippen LogP contribution in [0.2, 0.25) is 0 Å². The number of furan rings is 1. The van der Waals surface area contributed by atoms with E-state index in [-0.39, 0.29) is 23.6 Å². The third-order valence-corrected chi connectivity index (χ3v) is 3.56. The van der Waals surface area contributed by atoms with Crippen LogP contribution in [0.4, 0.5) is 14.7 Å². The molecule has 0 aliphatic carbocycles. The highest BCUT2D eigenvalue weighted by atomic mass is 79.9. The van der Waals surface area contributed by atoms with Crippen LogP contribution in [0.15, 0.2) is 22.6 Å². The van der Waals surface area contributed by atoms with Crippen LogP contribution in [-0.2, 0) is 9.59 Å². The number of nitrogens with one attached hydrogen (secondary N) is 1. The number of carbonyl (C=O) groups excluding carboxylic acids is 2. The van der Waals surface area contributed by atoms with E-state index in [1.54, 1.807) is 0 Å². The van der Waals surface area contributed by atoms with Gasteiger partial charge in [0.25, 0.3) is 0 Å². The van der Waals surface area contributed by atoms with Gasteiger partial charge in [-0.05, 0) is 18.6 Å². The van der Waals surface area contributed by atoms with Crippen LogP contribution in [-0.4, -0.2) is 22.3 Å². The van der Waals surface area contributed by atoms with Crippen molar-refractivity contribution >= 4 is 33.7 Å². The molecule has 0 aliphatic heterocycles. The van der Waals surface area contributed by atoms with Crippen LogP contribution in [0.1, 0.15) is 19.8 Å². The van der Waals surface area contributed by atoms with Gasteiger partial charge in [-0.2, -0.15) is 0 Å². The lowest BCUT2D eigenvalue weighted by atomic mass is 10.1. The first-order valence-electron chi connectivity index (χ1n) is 7.18. The summed E-state index contributed by atoms with van der Waals surface area (Å²) in [6.07, 6.45) is 0.694. The van der Waals surface area contributed by atoms with Gasteiger partial charge in [0.05, 0.1) is 0 Å². The molecule has 0 saturated carbocycles. The predicted molar refractivity (Wildman–Crippen MR) is 88.7 cm³/mol. The molecule has 6 nitrogen and oxygen atoms in total. The van der Waals surface area contributed by atoms with E-state index in [4.69, 9.17) is 9.15 Å². The Bertz CT molecular complexity index is 786. The molecule has 134 valence electrons. The maximum atomic E-state index is 13.4. The highest BCUT2D eigenvalue weighted by Gasteiger charge is 2.26. The molecule has 2 N–H and O–H groups in total. The van der Waals surface area contributed by atoms with E-state index in [0.29, 0.717) is 17.8 Å². The molecule has 2 aromatic rings. The number of amides is 1. The van der Waals surface area contributed by atoms with Gasteiger partial charge < -0.3 is 14.3 Å². The number of rotatable bonds is 6. The van der Waals surface area contributed by atoms with E-state index >= 15 is 0 Å². The van der Waals surface area contributed by atoms with Crippen molar-refractivity contribution in [1.29, 1.82) is 0 Å². The topological polar surface area (TPSA) is 88.8 Å². The summed E-state index contributed by atoms with van der Waals surface area (Å²) in [5.74, 6) is -4.75. The molecule has 1 amide bonds. The van der Waals surface area contributed by atoms with E-state index in [1.807, 2.05) is 0 Å². The summed E-state index contributed by atoms with van der Waals surface area (Å²) >= 11 is 3.19. The molecular formula is C16H14BrF2NO5. The molecule has 1 heterocycles. The number of carbonyl (C=O) groups is 2. The van der Waals surface area contributed by atoms with Crippen molar-refractivity contribution < 1.29 is 32.6 Å². The van der Waals surface area contributed by atoms with Crippen molar-refractivity contribution in [3.05, 3.63) is 29.8 Å². The second-order valence-corrected chi connectivity index (χ2v) is 5.82. The van der Waals surface area contributed by atoms with Crippen LogP contribution in [0.25, 0.3) is 11.3 Å². The maximum absolute atomic E-state index is 13.4. The van der Waals surface area contributed by atoms with Gasteiger partial charge in [-0.15, -0.1) is 0 Å². The molecule has 0 radical (unpaired) electrons. The molecule has 0 saturated heterocycles. The molecule has 1 aromatic heterocycles. The molecule has 0 spiro atoms. The van der Waals surface area contributed by atoms with Gasteiger partial charge in [-0.25, -0.2) is 8.78 Å². The summed E-state index contributed by atoms with van der Waals surface area (Å²) in [5, 5.41) is 13.2. The minimum Gasteiger partial charge on any atom is -0.502 e. The Morgan fingerprint density at radius 1 is 1.28 bits per heavy atom. The fourth-order valence-corrected chi connectivity index (χ4v) is 2.31. The lowest BCUT2D eigenvalue weighted by Gasteiger charge is -2.04. The summed E-state index contributed by atoms with van der Waals surface area (Å²) in [7, 11) is 0. The molecule has 25 heavy (non-hydrogen) atoms. The van der Waals surface area contributed by atoms with Crippen molar-refractivity contribution in [2.24, 2.45) is 0 Å². The molecular weight excluding hydrogens is 404 g/mol. The molecule has 0 bridgehead atoms. The first-order chi connectivity index (χ1) is 11.8. The third-order valence-electron chi connectivity index (χ3n) is 3.00. The third kappa shape index (κ3) is 4.79. The zero-order chi connectivity index (χ0) is 18.6. The minimum atomic E-state index is -0.886. The molecule has 1 aromatic carbocycles. The summed E-state index contributed by atoms with van der Waals surface area (Å²) in [6.45, 7) is 1.09. The van der Waals surface area contributed by atoms with Crippen molar-refractivity contribution in [1.82, 2.24) is 0 Å². The molecule has 0 atom stereocenters. The molecule has 0 fully saturated rings. The smallest absolute Gasteiger partial charge is 0.308 e. The average molecular weight is 418 g/mol. The van der Waals surface area contributed by atoms with Crippen LogP contribution >= 0.6 is 15.9 Å². The Hall–Kier alpha value is -2.42. The van der Waals surface area contributed by atoms with Gasteiger partial charge in [0, 0.05) is 30.3 Å². The van der Waals surface area contributed by atoms with Crippen LogP contribution in [0, 0.1) is 11.6 Å². The zero-order valence-corrected chi connectivity index (χ0v) is 14.7. The lowest BCUT2D eigenvalue weighted by molar-refractivity contribution is -0.132. The number of anilines is 1. The SMILES string of the molecule is CC(=O)Oc1c(NC(=O)CCCBr)oc(-c2cc(F)cc(F)c2)c1O. The Morgan fingerprint density at radius 3 is 2.48 bits per heavy atom. The highest BCUT2D eigenvalue weighted by molar-refractivity contribution is 9.09. The second kappa shape index (κ2) is 8.11. The van der Waals surface area contributed by atoms with E-state index < -0.39 is 35.0 Å². The van der Waals surface area contributed by atoms with Gasteiger partial charge in [0.1, 0.15) is 11.6 Å². The van der Waals surface area contributed by atoms with Gasteiger partial charge in [-0.3, -0.25) is 14.9 Å². The van der Waals surface area contributed by atoms with E-state index in [0.717, 1.165) is 19.1 Å². The molecule has 2 rings (SSSR count). The van der Waals surface area contributed by atoms with Crippen LogP contribution in [0.3, 0.4) is 0 Å². The molecule has 0 unspecified atom stereocenters. The standard InChI is InChI=1S/C16H14BrF2NO5/c1-8(21)24-15-13(23)14(9-5-10(18)7-11(19)6-9)25-16(15)20-12(22)3-2-4-17/h5-7,23H,2-4H2,1H3,(H,20,22). The van der Waals surface area contributed by atoms with Crippen LogP contribution < -0.4 is 10.1 Å². The lowest BCUT2D eigenvalue weighted by Crippen LogP contribution is -2.12. The van der Waals surface area contributed by atoms with Crippen LogP contribution in [0.5, 0.6) is 11.5 Å². The van der Waals surface area contributed by atoms with Crippen molar-refractivity contribution in [2.45, 2.75) is 19.8 Å². The van der Waals surface area contributed by atoms with Crippen molar-refractivity contribution in [3.63, 3.8) is 0 Å². The van der Waals surface area contributed by atoms with E-state index in [2.05, 4.69) is 21.2 Å².